The Bertz CT molecular complexity index is 487. The monoisotopic (exact) mass is 194 g/mol. The third-order valence-electron chi connectivity index (χ3n) is 1.68. The predicted molar refractivity (Wildman–Crippen MR) is 43.1 cm³/mol. The number of hydrogen-bond donors (Lipinski definition) is 0. The quantitative estimate of drug-likeness (QED) is 0.686. The van der Waals surface area contributed by atoms with Crippen LogP contribution in [0.25, 0.3) is 11.0 Å². The lowest BCUT2D eigenvalue weighted by Gasteiger charge is -1.88. The van der Waals surface area contributed by atoms with Gasteiger partial charge in [-0.05, 0) is 0 Å². The second-order valence-electron chi connectivity index (χ2n) is 2.64. The van der Waals surface area contributed by atoms with Gasteiger partial charge in [0.05, 0.1) is 6.07 Å². The van der Waals surface area contributed by atoms with Crippen molar-refractivity contribution < 1.29 is 8.78 Å². The zero-order chi connectivity index (χ0) is 10.1. The number of rotatable bonds is 1. The van der Waals surface area contributed by atoms with Gasteiger partial charge in [0.1, 0.15) is 17.6 Å². The minimum atomic E-state index is -0.971. The summed E-state index contributed by atoms with van der Waals surface area (Å²) in [6.07, 6.45) is 0. The van der Waals surface area contributed by atoms with Gasteiger partial charge in [-0.1, -0.05) is 0 Å². The van der Waals surface area contributed by atoms with E-state index in [2.05, 4.69) is 10.2 Å². The number of nitrogens with zero attached hydrogens (tertiary/aromatic N) is 4. The summed E-state index contributed by atoms with van der Waals surface area (Å²) < 4.78 is 25.5. The number of aromatic nitrogens is 3. The van der Waals surface area contributed by atoms with Crippen LogP contribution in [0.15, 0.2) is 12.1 Å². The number of benzene rings is 1. The highest BCUT2D eigenvalue weighted by Gasteiger charge is 2.08. The molecular weight excluding hydrogens is 190 g/mol. The van der Waals surface area contributed by atoms with Crippen LogP contribution < -0.4 is 0 Å². The summed E-state index contributed by atoms with van der Waals surface area (Å²) in [6, 6.07) is 3.72. The normalized spacial score (nSPS) is 10.4. The van der Waals surface area contributed by atoms with E-state index in [1.165, 1.54) is 0 Å². The van der Waals surface area contributed by atoms with Gasteiger partial charge < -0.3 is 0 Å². The van der Waals surface area contributed by atoms with E-state index in [1.807, 2.05) is 6.07 Å². The SMILES string of the molecule is N#CCn1nc2cc(F)c(F)cc2n1. The van der Waals surface area contributed by atoms with Crippen LogP contribution in [0.3, 0.4) is 0 Å². The molecule has 0 fully saturated rings. The smallest absolute Gasteiger partial charge is 0.161 e. The second-order valence-corrected chi connectivity index (χ2v) is 2.64. The maximum absolute atomic E-state index is 12.7. The summed E-state index contributed by atoms with van der Waals surface area (Å²) in [4.78, 5) is 1.09. The summed E-state index contributed by atoms with van der Waals surface area (Å²) in [5.74, 6) is -1.94. The van der Waals surface area contributed by atoms with Crippen molar-refractivity contribution in [3.05, 3.63) is 23.8 Å². The van der Waals surface area contributed by atoms with Crippen LogP contribution in [0.4, 0.5) is 8.78 Å². The van der Waals surface area contributed by atoms with E-state index >= 15 is 0 Å². The molecule has 70 valence electrons. The molecule has 0 saturated heterocycles. The van der Waals surface area contributed by atoms with Gasteiger partial charge in [-0.3, -0.25) is 0 Å². The predicted octanol–water partition coefficient (Wildman–Crippen LogP) is 1.23. The zero-order valence-electron chi connectivity index (χ0n) is 6.91. The Morgan fingerprint density at radius 1 is 1.21 bits per heavy atom. The number of fused-ring (bicyclic) bond motifs is 1. The van der Waals surface area contributed by atoms with Crippen molar-refractivity contribution in [3.8, 4) is 6.07 Å². The van der Waals surface area contributed by atoms with Crippen molar-refractivity contribution in [2.75, 3.05) is 0 Å². The molecule has 0 aliphatic heterocycles. The van der Waals surface area contributed by atoms with E-state index in [1.54, 1.807) is 0 Å². The summed E-state index contributed by atoms with van der Waals surface area (Å²) >= 11 is 0. The lowest BCUT2D eigenvalue weighted by atomic mass is 10.3. The average Bonchev–Trinajstić information content (AvgIpc) is 2.48. The molecule has 0 aliphatic rings. The van der Waals surface area contributed by atoms with Crippen molar-refractivity contribution in [2.45, 2.75) is 6.54 Å². The molecule has 2 rings (SSSR count). The van der Waals surface area contributed by atoms with E-state index in [9.17, 15) is 8.78 Å². The van der Waals surface area contributed by atoms with Gasteiger partial charge in [0.15, 0.2) is 11.6 Å². The van der Waals surface area contributed by atoms with Crippen molar-refractivity contribution in [1.82, 2.24) is 15.0 Å². The molecule has 0 radical (unpaired) electrons. The fraction of sp³-hybridized carbons (Fsp3) is 0.125. The topological polar surface area (TPSA) is 54.5 Å². The van der Waals surface area contributed by atoms with E-state index in [-0.39, 0.29) is 17.6 Å². The van der Waals surface area contributed by atoms with Crippen LogP contribution in [0, 0.1) is 23.0 Å². The third kappa shape index (κ3) is 1.29. The first kappa shape index (κ1) is 8.56. The van der Waals surface area contributed by atoms with Crippen LogP contribution in [-0.4, -0.2) is 15.0 Å². The second kappa shape index (κ2) is 3.03. The van der Waals surface area contributed by atoms with Gasteiger partial charge in [-0.25, -0.2) is 8.78 Å². The van der Waals surface area contributed by atoms with E-state index in [4.69, 9.17) is 5.26 Å². The molecule has 6 heteroatoms. The number of halogens is 2. The van der Waals surface area contributed by atoms with E-state index in [0.717, 1.165) is 16.9 Å². The largest absolute Gasteiger partial charge is 0.204 e. The number of hydrogen-bond acceptors (Lipinski definition) is 3. The Labute approximate surface area is 77.4 Å². The van der Waals surface area contributed by atoms with Crippen LogP contribution in [0.2, 0.25) is 0 Å². The summed E-state index contributed by atoms with van der Waals surface area (Å²) in [7, 11) is 0. The Morgan fingerprint density at radius 2 is 1.71 bits per heavy atom. The molecule has 0 atom stereocenters. The average molecular weight is 194 g/mol. The standard InChI is InChI=1S/C8H4F2N4/c9-5-3-7-8(4-6(5)10)13-14(12-7)2-1-11/h3-4H,2H2. The molecule has 0 saturated carbocycles. The lowest BCUT2D eigenvalue weighted by Crippen LogP contribution is -1.98. The first-order valence-electron chi connectivity index (χ1n) is 3.77. The number of nitriles is 1. The summed E-state index contributed by atoms with van der Waals surface area (Å²) in [5.41, 5.74) is 0.471. The van der Waals surface area contributed by atoms with E-state index in [0.29, 0.717) is 0 Å². The Hall–Kier alpha value is -2.03. The molecule has 0 amide bonds. The van der Waals surface area contributed by atoms with Crippen molar-refractivity contribution >= 4 is 11.0 Å². The van der Waals surface area contributed by atoms with Crippen LogP contribution in [0.1, 0.15) is 0 Å². The van der Waals surface area contributed by atoms with Crippen LogP contribution in [0.5, 0.6) is 0 Å². The molecule has 1 heterocycles. The fourth-order valence-electron chi connectivity index (χ4n) is 1.09. The molecule has 1 aromatic heterocycles. The molecule has 4 nitrogen and oxygen atoms in total. The van der Waals surface area contributed by atoms with Crippen molar-refractivity contribution in [1.29, 1.82) is 5.26 Å². The molecule has 1 aromatic carbocycles. The van der Waals surface area contributed by atoms with Crippen LogP contribution in [-0.2, 0) is 6.54 Å². The molecule has 14 heavy (non-hydrogen) atoms. The molecule has 0 spiro atoms. The molecule has 0 aliphatic carbocycles. The maximum atomic E-state index is 12.7. The highest BCUT2D eigenvalue weighted by Crippen LogP contribution is 2.14. The molecule has 2 aromatic rings. The molecule has 0 bridgehead atoms. The zero-order valence-corrected chi connectivity index (χ0v) is 6.91. The van der Waals surface area contributed by atoms with Gasteiger partial charge in [0.2, 0.25) is 0 Å². The third-order valence-corrected chi connectivity index (χ3v) is 1.68. The van der Waals surface area contributed by atoms with Crippen molar-refractivity contribution in [3.63, 3.8) is 0 Å². The Morgan fingerprint density at radius 3 is 2.14 bits per heavy atom. The Balaban J connectivity index is 2.61. The summed E-state index contributed by atoms with van der Waals surface area (Å²) in [6.45, 7) is -0.0437. The highest BCUT2D eigenvalue weighted by atomic mass is 19.2. The highest BCUT2D eigenvalue weighted by molar-refractivity contribution is 5.73. The molecule has 0 N–H and O–H groups in total. The Kier molecular flexibility index (Phi) is 1.85. The van der Waals surface area contributed by atoms with Gasteiger partial charge in [0, 0.05) is 12.1 Å². The first-order valence-corrected chi connectivity index (χ1v) is 3.77. The lowest BCUT2D eigenvalue weighted by molar-refractivity contribution is 0.510. The minimum Gasteiger partial charge on any atom is -0.204 e. The summed E-state index contributed by atoms with van der Waals surface area (Å²) in [5, 5.41) is 15.9. The molecule has 0 unspecified atom stereocenters. The van der Waals surface area contributed by atoms with Crippen molar-refractivity contribution in [2.24, 2.45) is 0 Å². The van der Waals surface area contributed by atoms with E-state index < -0.39 is 11.6 Å². The van der Waals surface area contributed by atoms with Gasteiger partial charge in [-0.15, -0.1) is 0 Å². The fourth-order valence-corrected chi connectivity index (χ4v) is 1.09. The maximum Gasteiger partial charge on any atom is 0.161 e. The minimum absolute atomic E-state index is 0.0437. The van der Waals surface area contributed by atoms with Gasteiger partial charge in [0.25, 0.3) is 0 Å². The van der Waals surface area contributed by atoms with Crippen LogP contribution >= 0.6 is 0 Å². The molecular formula is C8H4F2N4. The van der Waals surface area contributed by atoms with Gasteiger partial charge >= 0.3 is 0 Å². The first-order chi connectivity index (χ1) is 6.70. The van der Waals surface area contributed by atoms with Gasteiger partial charge in [-0.2, -0.15) is 20.3 Å².